The fraction of sp³-hybridized carbons (Fsp3) is 0.435. The summed E-state index contributed by atoms with van der Waals surface area (Å²) < 4.78 is 39.1. The molecule has 1 N–H and O–H groups in total. The van der Waals surface area contributed by atoms with Crippen LogP contribution in [0, 0.1) is 5.92 Å². The zero-order valence-electron chi connectivity index (χ0n) is 18.2. The minimum atomic E-state index is -0.968. The molecule has 2 aromatic rings. The van der Waals surface area contributed by atoms with E-state index in [-0.39, 0.29) is 19.2 Å². The van der Waals surface area contributed by atoms with Crippen LogP contribution in [0.4, 0.5) is 0 Å². The fourth-order valence-corrected chi connectivity index (χ4v) is 5.05. The first-order valence-corrected chi connectivity index (χ1v) is 10.2. The highest BCUT2D eigenvalue weighted by molar-refractivity contribution is 5.74. The lowest BCUT2D eigenvalue weighted by atomic mass is 9.69. The number of hydrogen-bond donors (Lipinski definition) is 1. The van der Waals surface area contributed by atoms with Crippen molar-refractivity contribution in [2.45, 2.75) is 24.5 Å². The van der Waals surface area contributed by atoms with E-state index in [0.717, 1.165) is 11.1 Å². The van der Waals surface area contributed by atoms with E-state index in [4.69, 9.17) is 33.2 Å². The average molecular weight is 444 g/mol. The van der Waals surface area contributed by atoms with Gasteiger partial charge in [-0.25, -0.2) is 0 Å². The topological polar surface area (TPSA) is 102 Å². The molecule has 9 heteroatoms. The molecule has 2 aromatic carbocycles. The lowest BCUT2D eigenvalue weighted by molar-refractivity contribution is -0.142. The molecule has 3 aliphatic rings. The molecular weight excluding hydrogens is 420 g/mol. The van der Waals surface area contributed by atoms with Crippen LogP contribution in [0.15, 0.2) is 18.2 Å². The summed E-state index contributed by atoms with van der Waals surface area (Å²) >= 11 is 0. The number of fused-ring (bicyclic) bond motifs is 3. The number of carbonyl (C=O) groups excluding carboxylic acids is 1. The van der Waals surface area contributed by atoms with Crippen LogP contribution in [-0.4, -0.2) is 52.4 Å². The number of methoxy groups -OCH3 is 4. The van der Waals surface area contributed by atoms with E-state index in [1.807, 2.05) is 18.2 Å². The van der Waals surface area contributed by atoms with Gasteiger partial charge in [0.15, 0.2) is 23.0 Å². The Labute approximate surface area is 184 Å². The zero-order chi connectivity index (χ0) is 22.6. The smallest absolute Gasteiger partial charge is 0.306 e. The molecule has 0 radical (unpaired) electrons. The van der Waals surface area contributed by atoms with Gasteiger partial charge < -0.3 is 38.3 Å². The van der Waals surface area contributed by atoms with Gasteiger partial charge in [-0.15, -0.1) is 0 Å². The van der Waals surface area contributed by atoms with E-state index in [1.54, 1.807) is 14.2 Å². The summed E-state index contributed by atoms with van der Waals surface area (Å²) in [6, 6.07) is 5.47. The number of hydrogen-bond acceptors (Lipinski definition) is 9. The van der Waals surface area contributed by atoms with Gasteiger partial charge in [0.25, 0.3) is 0 Å². The summed E-state index contributed by atoms with van der Waals surface area (Å²) in [7, 11) is 6.13. The molecule has 2 aliphatic heterocycles. The van der Waals surface area contributed by atoms with E-state index in [2.05, 4.69) is 0 Å². The van der Waals surface area contributed by atoms with Gasteiger partial charge in [-0.1, -0.05) is 0 Å². The van der Waals surface area contributed by atoms with Crippen LogP contribution in [0.5, 0.6) is 34.5 Å². The number of esters is 1. The highest BCUT2D eigenvalue weighted by Crippen LogP contribution is 2.58. The SMILES string of the molecule is COc1cc(C2c3cc4c(c(OC)c3C(O)C3CC(=O)OC23)OCO4)cc(OC)c1OC. The van der Waals surface area contributed by atoms with E-state index in [0.29, 0.717) is 40.1 Å². The van der Waals surface area contributed by atoms with E-state index in [9.17, 15) is 9.90 Å². The first-order valence-electron chi connectivity index (χ1n) is 10.2. The summed E-state index contributed by atoms with van der Waals surface area (Å²) in [4.78, 5) is 12.3. The van der Waals surface area contributed by atoms with Gasteiger partial charge in [-0.2, -0.15) is 0 Å². The van der Waals surface area contributed by atoms with Gasteiger partial charge in [-0.05, 0) is 29.3 Å². The molecule has 0 saturated carbocycles. The van der Waals surface area contributed by atoms with Crippen molar-refractivity contribution in [3.63, 3.8) is 0 Å². The number of aliphatic hydroxyl groups excluding tert-OH is 1. The monoisotopic (exact) mass is 444 g/mol. The van der Waals surface area contributed by atoms with Crippen molar-refractivity contribution in [1.29, 1.82) is 0 Å². The molecule has 1 saturated heterocycles. The summed E-state index contributed by atoms with van der Waals surface area (Å²) in [5.74, 6) is 1.52. The van der Waals surface area contributed by atoms with Crippen molar-refractivity contribution in [3.8, 4) is 34.5 Å². The van der Waals surface area contributed by atoms with Crippen LogP contribution in [-0.2, 0) is 9.53 Å². The first kappa shape index (κ1) is 20.6. The second kappa shape index (κ2) is 7.67. The number of carbonyl (C=O) groups is 1. The molecule has 1 aliphatic carbocycles. The highest BCUT2D eigenvalue weighted by atomic mass is 16.7. The molecular formula is C23H24O9. The minimum Gasteiger partial charge on any atom is -0.493 e. The van der Waals surface area contributed by atoms with E-state index >= 15 is 0 Å². The molecule has 2 heterocycles. The van der Waals surface area contributed by atoms with Crippen LogP contribution in [0.25, 0.3) is 0 Å². The Balaban J connectivity index is 1.77. The molecule has 0 aromatic heterocycles. The number of ether oxygens (including phenoxy) is 7. The predicted octanol–water partition coefficient (Wildman–Crippen LogP) is 2.56. The third-order valence-electron chi connectivity index (χ3n) is 6.40. The minimum absolute atomic E-state index is 0.0569. The Morgan fingerprint density at radius 3 is 2.25 bits per heavy atom. The summed E-state index contributed by atoms with van der Waals surface area (Å²) in [6.45, 7) is 0.0569. The van der Waals surface area contributed by atoms with Gasteiger partial charge >= 0.3 is 5.97 Å². The molecule has 4 unspecified atom stereocenters. The molecule has 9 nitrogen and oxygen atoms in total. The second-order valence-electron chi connectivity index (χ2n) is 7.85. The highest BCUT2D eigenvalue weighted by Gasteiger charge is 2.52. The summed E-state index contributed by atoms with van der Waals surface area (Å²) in [5, 5.41) is 11.3. The largest absolute Gasteiger partial charge is 0.493 e. The molecule has 1 fully saturated rings. The first-order chi connectivity index (χ1) is 15.5. The zero-order valence-corrected chi connectivity index (χ0v) is 18.2. The summed E-state index contributed by atoms with van der Waals surface area (Å²) in [5.41, 5.74) is 2.07. The van der Waals surface area contributed by atoms with Crippen LogP contribution >= 0.6 is 0 Å². The fourth-order valence-electron chi connectivity index (χ4n) is 5.05. The molecule has 32 heavy (non-hydrogen) atoms. The van der Waals surface area contributed by atoms with Crippen molar-refractivity contribution >= 4 is 5.97 Å². The van der Waals surface area contributed by atoms with Gasteiger partial charge in [0, 0.05) is 17.4 Å². The Hall–Kier alpha value is -3.33. The third kappa shape index (κ3) is 2.84. The third-order valence-corrected chi connectivity index (χ3v) is 6.40. The molecule has 0 bridgehead atoms. The average Bonchev–Trinajstić information content (AvgIpc) is 3.43. The molecule has 0 spiro atoms. The van der Waals surface area contributed by atoms with Crippen LogP contribution in [0.2, 0.25) is 0 Å². The Morgan fingerprint density at radius 2 is 1.62 bits per heavy atom. The van der Waals surface area contributed by atoms with Crippen molar-refractivity contribution in [1.82, 2.24) is 0 Å². The van der Waals surface area contributed by atoms with Crippen LogP contribution in [0.3, 0.4) is 0 Å². The standard InChI is InChI=1S/C23H24O9/c1-26-13-5-10(6-14(27-2)21(13)28-3)17-11-7-15-22(31-9-30-15)23(29-4)18(11)19(25)12-8-16(24)32-20(12)17/h5-7,12,17,19-20,25H,8-9H2,1-4H3. The van der Waals surface area contributed by atoms with Crippen molar-refractivity contribution < 1.29 is 43.1 Å². The van der Waals surface area contributed by atoms with Gasteiger partial charge in [0.1, 0.15) is 6.10 Å². The second-order valence-corrected chi connectivity index (χ2v) is 7.85. The van der Waals surface area contributed by atoms with Crippen molar-refractivity contribution in [2.24, 2.45) is 5.92 Å². The number of rotatable bonds is 5. The quantitative estimate of drug-likeness (QED) is 0.697. The molecule has 0 amide bonds. The Kier molecular flexibility index (Phi) is 4.93. The molecule has 4 atom stereocenters. The lowest BCUT2D eigenvalue weighted by Crippen LogP contribution is -2.36. The van der Waals surface area contributed by atoms with Gasteiger partial charge in [0.2, 0.25) is 18.3 Å². The van der Waals surface area contributed by atoms with Gasteiger partial charge in [0.05, 0.1) is 41.0 Å². The lowest BCUT2D eigenvalue weighted by Gasteiger charge is -2.38. The van der Waals surface area contributed by atoms with Crippen LogP contribution < -0.4 is 28.4 Å². The Morgan fingerprint density at radius 1 is 0.938 bits per heavy atom. The Bertz CT molecular complexity index is 1050. The maximum atomic E-state index is 12.3. The molecule has 5 rings (SSSR count). The van der Waals surface area contributed by atoms with E-state index < -0.39 is 24.0 Å². The number of aliphatic hydroxyl groups is 1. The van der Waals surface area contributed by atoms with E-state index in [1.165, 1.54) is 14.2 Å². The van der Waals surface area contributed by atoms with Gasteiger partial charge in [-0.3, -0.25) is 4.79 Å². The predicted molar refractivity (Wildman–Crippen MR) is 110 cm³/mol. The van der Waals surface area contributed by atoms with Crippen molar-refractivity contribution in [2.75, 3.05) is 35.2 Å². The maximum absolute atomic E-state index is 12.3. The van der Waals surface area contributed by atoms with Crippen LogP contribution in [0.1, 0.15) is 35.1 Å². The maximum Gasteiger partial charge on any atom is 0.306 e. The molecule has 170 valence electrons. The van der Waals surface area contributed by atoms with Crippen molar-refractivity contribution in [3.05, 3.63) is 34.9 Å². The number of benzene rings is 2. The summed E-state index contributed by atoms with van der Waals surface area (Å²) in [6.07, 6.45) is -1.45. The normalized spacial score (nSPS) is 25.0.